The number of halogens is 1. The third kappa shape index (κ3) is 5.29. The molecule has 0 radical (unpaired) electrons. The predicted molar refractivity (Wildman–Crippen MR) is 148 cm³/mol. The Morgan fingerprint density at radius 1 is 1.23 bits per heavy atom. The number of benzene rings is 1. The second-order valence-electron chi connectivity index (χ2n) is 10.4. The van der Waals surface area contributed by atoms with Crippen LogP contribution < -0.4 is 4.74 Å². The topological polar surface area (TPSA) is 103 Å². The summed E-state index contributed by atoms with van der Waals surface area (Å²) in [5, 5.41) is 19.0. The molecular formula is C31H34FN5O3. The van der Waals surface area contributed by atoms with Crippen LogP contribution in [-0.4, -0.2) is 69.7 Å². The van der Waals surface area contributed by atoms with Crippen molar-refractivity contribution >= 4 is 5.91 Å². The largest absolute Gasteiger partial charge is 0.492 e. The third-order valence-electron chi connectivity index (χ3n) is 8.11. The molecule has 1 fully saturated rings. The molecule has 208 valence electrons. The molecular weight excluding hydrogens is 509 g/mol. The first-order chi connectivity index (χ1) is 19.3. The molecule has 0 aliphatic carbocycles. The maximum absolute atomic E-state index is 14.0. The number of hydrogen-bond donors (Lipinski definition) is 1. The lowest BCUT2D eigenvalue weighted by Gasteiger charge is -2.40. The second-order valence-corrected chi connectivity index (χ2v) is 10.4. The van der Waals surface area contributed by atoms with Gasteiger partial charge in [-0.05, 0) is 74.9 Å². The molecule has 2 atom stereocenters. The SMILES string of the molecule is CCOc1cc([C@H](C)N2CCc3c(cc(CCN4CC[C@H]4CO)cc3-c3ccc(F)nc3C)C2=O)ncc1C#N. The van der Waals surface area contributed by atoms with Crippen LogP contribution in [0.15, 0.2) is 36.5 Å². The van der Waals surface area contributed by atoms with Crippen LogP contribution >= 0.6 is 0 Å². The molecule has 0 unspecified atom stereocenters. The van der Waals surface area contributed by atoms with Gasteiger partial charge in [0.2, 0.25) is 5.95 Å². The van der Waals surface area contributed by atoms with Gasteiger partial charge in [-0.3, -0.25) is 14.7 Å². The summed E-state index contributed by atoms with van der Waals surface area (Å²) in [5.74, 6) is -0.162. The number of nitrogens with zero attached hydrogens (tertiary/aromatic N) is 5. The number of amides is 1. The fraction of sp³-hybridized carbons (Fsp3) is 0.419. The van der Waals surface area contributed by atoms with E-state index >= 15 is 0 Å². The molecule has 2 aromatic heterocycles. The Morgan fingerprint density at radius 2 is 2.02 bits per heavy atom. The number of nitriles is 1. The number of pyridine rings is 2. The minimum Gasteiger partial charge on any atom is -0.492 e. The van der Waals surface area contributed by atoms with Crippen molar-refractivity contribution in [3.05, 3.63) is 76.1 Å². The van der Waals surface area contributed by atoms with Crippen molar-refractivity contribution in [3.63, 3.8) is 0 Å². The normalized spacial score (nSPS) is 17.6. The van der Waals surface area contributed by atoms with Crippen LogP contribution in [0.3, 0.4) is 0 Å². The van der Waals surface area contributed by atoms with Crippen LogP contribution in [0.4, 0.5) is 4.39 Å². The van der Waals surface area contributed by atoms with Crippen LogP contribution in [0.1, 0.15) is 64.7 Å². The minimum absolute atomic E-state index is 0.0918. The lowest BCUT2D eigenvalue weighted by molar-refractivity contribution is 0.0436. The summed E-state index contributed by atoms with van der Waals surface area (Å²) in [6, 6.07) is 10.9. The van der Waals surface area contributed by atoms with E-state index in [1.165, 1.54) is 12.3 Å². The fourth-order valence-electron chi connectivity index (χ4n) is 5.72. The third-order valence-corrected chi connectivity index (χ3v) is 8.11. The van der Waals surface area contributed by atoms with Gasteiger partial charge in [-0.15, -0.1) is 0 Å². The summed E-state index contributed by atoms with van der Waals surface area (Å²) in [6.07, 6.45) is 3.84. The molecule has 3 aromatic rings. The van der Waals surface area contributed by atoms with Crippen molar-refractivity contribution in [2.75, 3.05) is 32.8 Å². The van der Waals surface area contributed by atoms with Crippen LogP contribution in [0.2, 0.25) is 0 Å². The molecule has 4 heterocycles. The van der Waals surface area contributed by atoms with Crippen molar-refractivity contribution < 1.29 is 19.0 Å². The van der Waals surface area contributed by atoms with Crippen molar-refractivity contribution in [1.82, 2.24) is 19.8 Å². The number of ether oxygens (including phenoxy) is 1. The predicted octanol–water partition coefficient (Wildman–Crippen LogP) is 4.23. The maximum Gasteiger partial charge on any atom is 0.254 e. The van der Waals surface area contributed by atoms with E-state index in [9.17, 15) is 19.6 Å². The van der Waals surface area contributed by atoms with E-state index in [2.05, 4.69) is 27.0 Å². The Hall–Kier alpha value is -3.87. The van der Waals surface area contributed by atoms with E-state index < -0.39 is 5.95 Å². The van der Waals surface area contributed by atoms with Crippen LogP contribution in [-0.2, 0) is 12.8 Å². The van der Waals surface area contributed by atoms with Gasteiger partial charge in [-0.2, -0.15) is 9.65 Å². The number of aliphatic hydroxyl groups is 1. The summed E-state index contributed by atoms with van der Waals surface area (Å²) in [7, 11) is 0. The van der Waals surface area contributed by atoms with Crippen molar-refractivity contribution in [2.45, 2.75) is 52.1 Å². The van der Waals surface area contributed by atoms with Gasteiger partial charge in [0.15, 0.2) is 0 Å². The zero-order valence-electron chi connectivity index (χ0n) is 23.2. The first-order valence-corrected chi connectivity index (χ1v) is 13.8. The van der Waals surface area contributed by atoms with E-state index in [4.69, 9.17) is 4.74 Å². The first-order valence-electron chi connectivity index (χ1n) is 13.8. The standard InChI is InChI=1S/C31H34FN5O3/c1-4-40-29-15-28(34-17-22(29)16-33)20(3)37-12-9-25-26(24-5-6-30(32)35-19(24)2)13-21(14-27(25)31(37)39)7-10-36-11-8-23(36)18-38/h5-6,13-15,17,20,23,38H,4,7-12,18H2,1-3H3/t20-,23-/m0/s1. The van der Waals surface area contributed by atoms with E-state index in [0.29, 0.717) is 47.8 Å². The van der Waals surface area contributed by atoms with E-state index in [0.717, 1.165) is 48.2 Å². The highest BCUT2D eigenvalue weighted by atomic mass is 19.1. The molecule has 2 aliphatic heterocycles. The quantitative estimate of drug-likeness (QED) is 0.403. The summed E-state index contributed by atoms with van der Waals surface area (Å²) in [6.45, 7) is 8.38. The molecule has 1 saturated heterocycles. The first kappa shape index (κ1) is 27.7. The number of aromatic nitrogens is 2. The molecule has 1 aromatic carbocycles. The van der Waals surface area contributed by atoms with Gasteiger partial charge in [0, 0.05) is 54.8 Å². The van der Waals surface area contributed by atoms with Crippen molar-refractivity contribution in [3.8, 4) is 22.9 Å². The summed E-state index contributed by atoms with van der Waals surface area (Å²) in [4.78, 5) is 26.6. The molecule has 1 amide bonds. The van der Waals surface area contributed by atoms with Crippen LogP contribution in [0.25, 0.3) is 11.1 Å². The number of likely N-dealkylation sites (tertiary alicyclic amines) is 1. The highest BCUT2D eigenvalue weighted by Gasteiger charge is 2.32. The number of carbonyl (C=O) groups excluding carboxylic acids is 1. The van der Waals surface area contributed by atoms with Gasteiger partial charge in [-0.1, -0.05) is 6.07 Å². The molecule has 0 spiro atoms. The average molecular weight is 544 g/mol. The zero-order chi connectivity index (χ0) is 28.4. The van der Waals surface area contributed by atoms with Crippen molar-refractivity contribution in [2.24, 2.45) is 0 Å². The molecule has 8 nitrogen and oxygen atoms in total. The molecule has 9 heteroatoms. The van der Waals surface area contributed by atoms with Crippen LogP contribution in [0, 0.1) is 24.2 Å². The van der Waals surface area contributed by atoms with Gasteiger partial charge in [0.25, 0.3) is 5.91 Å². The number of aryl methyl sites for hydroxylation is 1. The highest BCUT2D eigenvalue weighted by molar-refractivity contribution is 5.99. The average Bonchev–Trinajstić information content (AvgIpc) is 2.93. The van der Waals surface area contributed by atoms with Gasteiger partial charge in [0.1, 0.15) is 17.4 Å². The Labute approximate surface area is 234 Å². The van der Waals surface area contributed by atoms with E-state index in [-0.39, 0.29) is 24.6 Å². The van der Waals surface area contributed by atoms with E-state index in [1.54, 1.807) is 19.1 Å². The molecule has 2 aliphatic rings. The zero-order valence-corrected chi connectivity index (χ0v) is 23.2. The molecule has 40 heavy (non-hydrogen) atoms. The lowest BCUT2D eigenvalue weighted by atomic mass is 9.86. The van der Waals surface area contributed by atoms with Gasteiger partial charge >= 0.3 is 0 Å². The Morgan fingerprint density at radius 3 is 2.70 bits per heavy atom. The van der Waals surface area contributed by atoms with E-state index in [1.807, 2.05) is 24.8 Å². The van der Waals surface area contributed by atoms with Gasteiger partial charge in [-0.25, -0.2) is 4.98 Å². The van der Waals surface area contributed by atoms with Gasteiger partial charge in [0.05, 0.1) is 24.9 Å². The molecule has 1 N–H and O–H groups in total. The highest BCUT2D eigenvalue weighted by Crippen LogP contribution is 2.36. The molecule has 5 rings (SSSR count). The number of rotatable bonds is 9. The number of aliphatic hydroxyl groups excluding tert-OH is 1. The van der Waals surface area contributed by atoms with Crippen molar-refractivity contribution in [1.29, 1.82) is 5.26 Å². The Bertz CT molecular complexity index is 1470. The van der Waals surface area contributed by atoms with Crippen LogP contribution in [0.5, 0.6) is 5.75 Å². The summed E-state index contributed by atoms with van der Waals surface area (Å²) < 4.78 is 19.5. The lowest BCUT2D eigenvalue weighted by Crippen LogP contribution is -2.50. The number of fused-ring (bicyclic) bond motifs is 1. The Balaban J connectivity index is 1.50. The molecule has 0 saturated carbocycles. The minimum atomic E-state index is -0.531. The monoisotopic (exact) mass is 543 g/mol. The Kier molecular flexibility index (Phi) is 8.10. The summed E-state index contributed by atoms with van der Waals surface area (Å²) >= 11 is 0. The smallest absolute Gasteiger partial charge is 0.254 e. The fourth-order valence-corrected chi connectivity index (χ4v) is 5.72. The maximum atomic E-state index is 14.0. The number of hydrogen-bond acceptors (Lipinski definition) is 7. The number of carbonyl (C=O) groups is 1. The molecule has 0 bridgehead atoms. The second kappa shape index (κ2) is 11.7. The summed E-state index contributed by atoms with van der Waals surface area (Å²) in [5.41, 5.74) is 5.91. The van der Waals surface area contributed by atoms with Gasteiger partial charge < -0.3 is 14.7 Å².